The smallest absolute Gasteiger partial charge is 0.191 e. The average molecular weight is 363 g/mol. The predicted octanol–water partition coefficient (Wildman–Crippen LogP) is 2.27. The Labute approximate surface area is 157 Å². The number of hydrogen-bond donors (Lipinski definition) is 2. The Kier molecular flexibility index (Phi) is 7.38. The van der Waals surface area contributed by atoms with Crippen LogP contribution in [0.5, 0.6) is 0 Å². The molecule has 2 heterocycles. The molecule has 0 unspecified atom stereocenters. The highest BCUT2D eigenvalue weighted by atomic mass is 16.5. The molecule has 3 rings (SSSR count). The Morgan fingerprint density at radius 2 is 2.00 bits per heavy atom. The minimum Gasteiger partial charge on any atom is -0.469 e. The molecule has 2 N–H and O–H groups in total. The van der Waals surface area contributed by atoms with Crippen LogP contribution < -0.4 is 10.6 Å². The SMILES string of the molecule is CN=C(NCCc1ccco1)NCC1(CN2CCOCC2)CCCCC1. The first kappa shape index (κ1) is 19.2. The molecule has 6 heteroatoms. The van der Waals surface area contributed by atoms with Crippen molar-refractivity contribution in [2.45, 2.75) is 38.5 Å². The van der Waals surface area contributed by atoms with Crippen LogP contribution in [0.3, 0.4) is 0 Å². The Bertz CT molecular complexity index is 532. The second-order valence-corrected chi connectivity index (χ2v) is 7.63. The number of aliphatic imine (C=N–C) groups is 1. The molecule has 6 nitrogen and oxygen atoms in total. The van der Waals surface area contributed by atoms with Gasteiger partial charge in [-0.1, -0.05) is 19.3 Å². The summed E-state index contributed by atoms with van der Waals surface area (Å²) < 4.78 is 10.9. The van der Waals surface area contributed by atoms with Crippen molar-refractivity contribution in [3.05, 3.63) is 24.2 Å². The van der Waals surface area contributed by atoms with Gasteiger partial charge in [-0.15, -0.1) is 0 Å². The van der Waals surface area contributed by atoms with Crippen molar-refractivity contribution in [3.63, 3.8) is 0 Å². The first-order valence-electron chi connectivity index (χ1n) is 10.1. The zero-order valence-corrected chi connectivity index (χ0v) is 16.1. The Balaban J connectivity index is 1.48. The van der Waals surface area contributed by atoms with Crippen LogP contribution in [0.25, 0.3) is 0 Å². The third-order valence-electron chi connectivity index (χ3n) is 5.68. The number of rotatable bonds is 7. The molecule has 0 atom stereocenters. The highest BCUT2D eigenvalue weighted by Crippen LogP contribution is 2.36. The third kappa shape index (κ3) is 5.74. The van der Waals surface area contributed by atoms with Gasteiger partial charge in [0.25, 0.3) is 0 Å². The van der Waals surface area contributed by atoms with Gasteiger partial charge >= 0.3 is 0 Å². The molecule has 1 aliphatic heterocycles. The van der Waals surface area contributed by atoms with Crippen molar-refractivity contribution in [1.82, 2.24) is 15.5 Å². The third-order valence-corrected chi connectivity index (χ3v) is 5.68. The van der Waals surface area contributed by atoms with Crippen molar-refractivity contribution in [2.24, 2.45) is 10.4 Å². The molecule has 1 aromatic rings. The van der Waals surface area contributed by atoms with Crippen LogP contribution in [-0.2, 0) is 11.2 Å². The van der Waals surface area contributed by atoms with Gasteiger partial charge in [0.15, 0.2) is 5.96 Å². The van der Waals surface area contributed by atoms with E-state index in [4.69, 9.17) is 9.15 Å². The summed E-state index contributed by atoms with van der Waals surface area (Å²) in [6.45, 7) is 6.87. The number of ether oxygens (including phenoxy) is 1. The molecule has 0 radical (unpaired) electrons. The minimum absolute atomic E-state index is 0.355. The van der Waals surface area contributed by atoms with Crippen LogP contribution in [-0.4, -0.2) is 63.8 Å². The first-order valence-corrected chi connectivity index (χ1v) is 10.1. The number of furan rings is 1. The van der Waals surface area contributed by atoms with E-state index < -0.39 is 0 Å². The lowest BCUT2D eigenvalue weighted by Crippen LogP contribution is -2.51. The molecular formula is C20H34N4O2. The number of hydrogen-bond acceptors (Lipinski definition) is 4. The van der Waals surface area contributed by atoms with E-state index in [0.717, 1.165) is 57.5 Å². The zero-order valence-electron chi connectivity index (χ0n) is 16.1. The van der Waals surface area contributed by atoms with Crippen molar-refractivity contribution < 1.29 is 9.15 Å². The fourth-order valence-corrected chi connectivity index (χ4v) is 4.18. The summed E-state index contributed by atoms with van der Waals surface area (Å²) in [6.07, 6.45) is 9.27. The number of nitrogens with one attached hydrogen (secondary N) is 2. The Morgan fingerprint density at radius 1 is 1.19 bits per heavy atom. The number of morpholine rings is 1. The molecule has 0 spiro atoms. The van der Waals surface area contributed by atoms with E-state index in [0.29, 0.717) is 5.41 Å². The maximum Gasteiger partial charge on any atom is 0.191 e. The van der Waals surface area contributed by atoms with Crippen LogP contribution >= 0.6 is 0 Å². The average Bonchev–Trinajstić information content (AvgIpc) is 3.19. The van der Waals surface area contributed by atoms with Gasteiger partial charge in [-0.25, -0.2) is 0 Å². The van der Waals surface area contributed by atoms with Crippen LogP contribution in [0.4, 0.5) is 0 Å². The van der Waals surface area contributed by atoms with Crippen LogP contribution in [0.2, 0.25) is 0 Å². The van der Waals surface area contributed by atoms with Gasteiger partial charge in [0, 0.05) is 51.6 Å². The van der Waals surface area contributed by atoms with Gasteiger partial charge in [-0.3, -0.25) is 9.89 Å². The van der Waals surface area contributed by atoms with Gasteiger partial charge in [0.1, 0.15) is 5.76 Å². The molecule has 1 saturated carbocycles. The lowest BCUT2D eigenvalue weighted by Gasteiger charge is -2.42. The van der Waals surface area contributed by atoms with Gasteiger partial charge in [0.2, 0.25) is 0 Å². The van der Waals surface area contributed by atoms with Crippen molar-refractivity contribution in [1.29, 1.82) is 0 Å². The normalized spacial score (nSPS) is 21.5. The number of nitrogens with zero attached hydrogens (tertiary/aromatic N) is 2. The maximum absolute atomic E-state index is 5.52. The fourth-order valence-electron chi connectivity index (χ4n) is 4.18. The van der Waals surface area contributed by atoms with Crippen molar-refractivity contribution in [3.8, 4) is 0 Å². The summed E-state index contributed by atoms with van der Waals surface area (Å²) >= 11 is 0. The second-order valence-electron chi connectivity index (χ2n) is 7.63. The lowest BCUT2D eigenvalue weighted by atomic mass is 9.73. The second kappa shape index (κ2) is 9.97. The quantitative estimate of drug-likeness (QED) is 0.576. The summed E-state index contributed by atoms with van der Waals surface area (Å²) in [5.74, 6) is 1.90. The maximum atomic E-state index is 5.52. The van der Waals surface area contributed by atoms with Crippen LogP contribution in [0, 0.1) is 5.41 Å². The van der Waals surface area contributed by atoms with Gasteiger partial charge in [0.05, 0.1) is 19.5 Å². The number of guanidine groups is 1. The summed E-state index contributed by atoms with van der Waals surface area (Å²) in [5.41, 5.74) is 0.355. The summed E-state index contributed by atoms with van der Waals surface area (Å²) in [4.78, 5) is 6.99. The topological polar surface area (TPSA) is 62.0 Å². The molecule has 0 bridgehead atoms. The van der Waals surface area contributed by atoms with E-state index in [1.807, 2.05) is 19.2 Å². The van der Waals surface area contributed by atoms with E-state index >= 15 is 0 Å². The largest absolute Gasteiger partial charge is 0.469 e. The molecular weight excluding hydrogens is 328 g/mol. The minimum atomic E-state index is 0.355. The van der Waals surface area contributed by atoms with E-state index in [-0.39, 0.29) is 0 Å². The molecule has 146 valence electrons. The molecule has 26 heavy (non-hydrogen) atoms. The molecule has 1 aromatic heterocycles. The van der Waals surface area contributed by atoms with E-state index in [1.54, 1.807) is 6.26 Å². The molecule has 1 saturated heterocycles. The van der Waals surface area contributed by atoms with E-state index in [9.17, 15) is 0 Å². The molecule has 2 aliphatic rings. The van der Waals surface area contributed by atoms with Gasteiger partial charge in [-0.05, 0) is 25.0 Å². The Morgan fingerprint density at radius 3 is 2.69 bits per heavy atom. The summed E-state index contributed by atoms with van der Waals surface area (Å²) in [7, 11) is 1.84. The highest BCUT2D eigenvalue weighted by molar-refractivity contribution is 5.79. The molecule has 0 aromatic carbocycles. The summed E-state index contributed by atoms with van der Waals surface area (Å²) in [6, 6.07) is 3.94. The summed E-state index contributed by atoms with van der Waals surface area (Å²) in [5, 5.41) is 7.01. The van der Waals surface area contributed by atoms with Crippen molar-refractivity contribution >= 4 is 5.96 Å². The van der Waals surface area contributed by atoms with Crippen LogP contribution in [0.1, 0.15) is 37.9 Å². The standard InChI is InChI=1S/C20H34N4O2/c1-21-19(22-10-7-18-6-5-13-26-18)23-16-20(8-3-2-4-9-20)17-24-11-14-25-15-12-24/h5-6,13H,2-4,7-12,14-17H2,1H3,(H2,21,22,23). The zero-order chi connectivity index (χ0) is 18.1. The Hall–Kier alpha value is -1.53. The monoisotopic (exact) mass is 362 g/mol. The fraction of sp³-hybridized carbons (Fsp3) is 0.750. The van der Waals surface area contributed by atoms with E-state index in [2.05, 4.69) is 20.5 Å². The van der Waals surface area contributed by atoms with Crippen molar-refractivity contribution in [2.75, 3.05) is 53.0 Å². The molecule has 0 amide bonds. The van der Waals surface area contributed by atoms with E-state index in [1.165, 1.54) is 38.6 Å². The van der Waals surface area contributed by atoms with Crippen LogP contribution in [0.15, 0.2) is 27.8 Å². The van der Waals surface area contributed by atoms with Gasteiger partial charge < -0.3 is 19.8 Å². The first-order chi connectivity index (χ1) is 12.8. The van der Waals surface area contributed by atoms with Gasteiger partial charge in [-0.2, -0.15) is 0 Å². The molecule has 2 fully saturated rings. The lowest BCUT2D eigenvalue weighted by molar-refractivity contribution is 0.00820. The highest BCUT2D eigenvalue weighted by Gasteiger charge is 2.34. The predicted molar refractivity (Wildman–Crippen MR) is 105 cm³/mol. The molecule has 1 aliphatic carbocycles.